The zero-order valence-electron chi connectivity index (χ0n) is 7.51. The Bertz CT molecular complexity index is 183. The summed E-state index contributed by atoms with van der Waals surface area (Å²) in [4.78, 5) is 2.53. The molecule has 0 bridgehead atoms. The van der Waals surface area contributed by atoms with E-state index in [1.54, 1.807) is 5.57 Å². The van der Waals surface area contributed by atoms with Crippen LogP contribution in [0.3, 0.4) is 0 Å². The van der Waals surface area contributed by atoms with E-state index in [1.807, 2.05) is 0 Å². The van der Waals surface area contributed by atoms with Crippen LogP contribution < -0.4 is 0 Å². The first kappa shape index (κ1) is 7.35. The lowest BCUT2D eigenvalue weighted by atomic mass is 9.85. The molecule has 0 aromatic carbocycles. The number of nitrogens with zero attached hydrogens (tertiary/aromatic N) is 1. The molecular formula is C10H17N. The summed E-state index contributed by atoms with van der Waals surface area (Å²) >= 11 is 0. The average Bonchev–Trinajstić information content (AvgIpc) is 2.35. The van der Waals surface area contributed by atoms with Crippen molar-refractivity contribution in [3.8, 4) is 0 Å². The van der Waals surface area contributed by atoms with Gasteiger partial charge in [-0.05, 0) is 45.7 Å². The molecule has 2 unspecified atom stereocenters. The molecule has 11 heavy (non-hydrogen) atoms. The molecule has 0 amide bonds. The largest absolute Gasteiger partial charge is 0.303 e. The van der Waals surface area contributed by atoms with Gasteiger partial charge in [-0.25, -0.2) is 0 Å². The second-order valence-corrected chi connectivity index (χ2v) is 3.97. The number of fused-ring (bicyclic) bond motifs is 1. The minimum Gasteiger partial charge on any atom is -0.303 e. The van der Waals surface area contributed by atoms with Gasteiger partial charge in [-0.2, -0.15) is 0 Å². The van der Waals surface area contributed by atoms with Gasteiger partial charge in [-0.1, -0.05) is 11.6 Å². The summed E-state index contributed by atoms with van der Waals surface area (Å²) in [7, 11) is 2.27. The van der Waals surface area contributed by atoms with Gasteiger partial charge in [0, 0.05) is 6.04 Å². The molecule has 2 rings (SSSR count). The van der Waals surface area contributed by atoms with Crippen LogP contribution in [0.4, 0.5) is 0 Å². The molecule has 0 spiro atoms. The van der Waals surface area contributed by atoms with E-state index in [0.717, 1.165) is 12.0 Å². The third-order valence-corrected chi connectivity index (χ3v) is 3.34. The van der Waals surface area contributed by atoms with Crippen molar-refractivity contribution >= 4 is 0 Å². The minimum atomic E-state index is 0.875. The molecule has 0 radical (unpaired) electrons. The Kier molecular flexibility index (Phi) is 1.76. The van der Waals surface area contributed by atoms with Crippen molar-refractivity contribution in [1.82, 2.24) is 4.90 Å². The van der Waals surface area contributed by atoms with E-state index in [1.165, 1.54) is 25.8 Å². The van der Waals surface area contributed by atoms with Crippen molar-refractivity contribution in [2.75, 3.05) is 13.6 Å². The van der Waals surface area contributed by atoms with Gasteiger partial charge in [0.15, 0.2) is 0 Å². The van der Waals surface area contributed by atoms with E-state index in [0.29, 0.717) is 0 Å². The van der Waals surface area contributed by atoms with E-state index >= 15 is 0 Å². The molecule has 62 valence electrons. The molecule has 1 heterocycles. The monoisotopic (exact) mass is 151 g/mol. The summed E-state index contributed by atoms with van der Waals surface area (Å²) in [5, 5.41) is 0. The number of hydrogen-bond donors (Lipinski definition) is 0. The van der Waals surface area contributed by atoms with E-state index in [4.69, 9.17) is 0 Å². The van der Waals surface area contributed by atoms with Gasteiger partial charge in [0.1, 0.15) is 0 Å². The van der Waals surface area contributed by atoms with E-state index in [9.17, 15) is 0 Å². The lowest BCUT2D eigenvalue weighted by Crippen LogP contribution is -2.31. The van der Waals surface area contributed by atoms with Crippen LogP contribution in [0, 0.1) is 5.92 Å². The normalized spacial score (nSPS) is 38.5. The van der Waals surface area contributed by atoms with Crippen molar-refractivity contribution in [2.45, 2.75) is 32.2 Å². The third-order valence-electron chi connectivity index (χ3n) is 3.34. The Morgan fingerprint density at radius 3 is 3.00 bits per heavy atom. The zero-order valence-corrected chi connectivity index (χ0v) is 7.51. The predicted octanol–water partition coefficient (Wildman–Crippen LogP) is 2.05. The molecule has 0 aromatic rings. The maximum absolute atomic E-state index is 2.53. The van der Waals surface area contributed by atoms with Crippen LogP contribution in [0.15, 0.2) is 11.6 Å². The first-order valence-corrected chi connectivity index (χ1v) is 4.66. The van der Waals surface area contributed by atoms with Crippen LogP contribution >= 0.6 is 0 Å². The molecule has 2 atom stereocenters. The number of likely N-dealkylation sites (tertiary alicyclic amines) is 1. The topological polar surface area (TPSA) is 3.24 Å². The molecule has 1 aliphatic heterocycles. The van der Waals surface area contributed by atoms with Gasteiger partial charge in [0.05, 0.1) is 0 Å². The second kappa shape index (κ2) is 2.63. The Balaban J connectivity index is 2.18. The number of allylic oxidation sites excluding steroid dienone is 1. The Morgan fingerprint density at radius 1 is 1.45 bits per heavy atom. The highest BCUT2D eigenvalue weighted by molar-refractivity contribution is 5.13. The molecule has 1 nitrogen and oxygen atoms in total. The fourth-order valence-corrected chi connectivity index (χ4v) is 2.59. The van der Waals surface area contributed by atoms with Crippen molar-refractivity contribution in [3.05, 3.63) is 11.6 Å². The van der Waals surface area contributed by atoms with E-state index in [-0.39, 0.29) is 0 Å². The maximum atomic E-state index is 2.53. The third kappa shape index (κ3) is 1.12. The molecule has 1 fully saturated rings. The standard InChI is InChI=1S/C10H17N/c1-8-4-3-5-10-9(8)6-7-11(10)2/h4,9-10H,3,5-7H2,1-2H3. The van der Waals surface area contributed by atoms with Crippen LogP contribution in [0.2, 0.25) is 0 Å². The predicted molar refractivity (Wildman–Crippen MR) is 47.5 cm³/mol. The lowest BCUT2D eigenvalue weighted by molar-refractivity contribution is 0.264. The summed E-state index contributed by atoms with van der Waals surface area (Å²) in [5.41, 5.74) is 1.64. The van der Waals surface area contributed by atoms with Gasteiger partial charge in [-0.3, -0.25) is 0 Å². The fraction of sp³-hybridized carbons (Fsp3) is 0.800. The van der Waals surface area contributed by atoms with Crippen molar-refractivity contribution in [2.24, 2.45) is 5.92 Å². The Hall–Kier alpha value is -0.300. The van der Waals surface area contributed by atoms with E-state index in [2.05, 4.69) is 24.9 Å². The zero-order chi connectivity index (χ0) is 7.84. The summed E-state index contributed by atoms with van der Waals surface area (Å²) in [5.74, 6) is 0.897. The van der Waals surface area contributed by atoms with E-state index < -0.39 is 0 Å². The lowest BCUT2D eigenvalue weighted by Gasteiger charge is -2.28. The molecule has 0 aromatic heterocycles. The molecule has 0 saturated carbocycles. The van der Waals surface area contributed by atoms with Crippen molar-refractivity contribution < 1.29 is 0 Å². The minimum absolute atomic E-state index is 0.875. The average molecular weight is 151 g/mol. The number of rotatable bonds is 0. The first-order chi connectivity index (χ1) is 5.29. The summed E-state index contributed by atoms with van der Waals surface area (Å²) < 4.78 is 0. The smallest absolute Gasteiger partial charge is 0.0161 e. The second-order valence-electron chi connectivity index (χ2n) is 3.97. The van der Waals surface area contributed by atoms with Crippen LogP contribution in [0.25, 0.3) is 0 Å². The SMILES string of the molecule is CC1=CCCC2C1CCN2C. The number of hydrogen-bond acceptors (Lipinski definition) is 1. The van der Waals surface area contributed by atoms with Gasteiger partial charge in [0.25, 0.3) is 0 Å². The van der Waals surface area contributed by atoms with Gasteiger partial charge < -0.3 is 4.90 Å². The quantitative estimate of drug-likeness (QED) is 0.479. The highest BCUT2D eigenvalue weighted by atomic mass is 15.2. The highest BCUT2D eigenvalue weighted by Gasteiger charge is 2.33. The van der Waals surface area contributed by atoms with Crippen LogP contribution in [0.1, 0.15) is 26.2 Å². The Labute approximate surface area is 69.1 Å². The van der Waals surface area contributed by atoms with Crippen molar-refractivity contribution in [1.29, 1.82) is 0 Å². The summed E-state index contributed by atoms with van der Waals surface area (Å²) in [6.45, 7) is 3.61. The maximum Gasteiger partial charge on any atom is 0.0161 e. The van der Waals surface area contributed by atoms with Gasteiger partial charge >= 0.3 is 0 Å². The highest BCUT2D eigenvalue weighted by Crippen LogP contribution is 2.35. The van der Waals surface area contributed by atoms with Crippen molar-refractivity contribution in [3.63, 3.8) is 0 Å². The summed E-state index contributed by atoms with van der Waals surface area (Å²) in [6.07, 6.45) is 6.51. The van der Waals surface area contributed by atoms with Crippen LogP contribution in [0.5, 0.6) is 0 Å². The molecular weight excluding hydrogens is 134 g/mol. The summed E-state index contributed by atoms with van der Waals surface area (Å²) in [6, 6.07) is 0.875. The van der Waals surface area contributed by atoms with Gasteiger partial charge in [-0.15, -0.1) is 0 Å². The fourth-order valence-electron chi connectivity index (χ4n) is 2.59. The molecule has 1 saturated heterocycles. The first-order valence-electron chi connectivity index (χ1n) is 4.66. The molecule has 1 aliphatic carbocycles. The molecule has 2 aliphatic rings. The van der Waals surface area contributed by atoms with Crippen LogP contribution in [-0.4, -0.2) is 24.5 Å². The Morgan fingerprint density at radius 2 is 2.27 bits per heavy atom. The molecule has 0 N–H and O–H groups in total. The van der Waals surface area contributed by atoms with Crippen LogP contribution in [-0.2, 0) is 0 Å². The molecule has 1 heteroatoms. The van der Waals surface area contributed by atoms with Gasteiger partial charge in [0.2, 0.25) is 0 Å².